The highest BCUT2D eigenvalue weighted by Gasteiger charge is 2.43. The summed E-state index contributed by atoms with van der Waals surface area (Å²) in [5.41, 5.74) is 3.15. The third kappa shape index (κ3) is 3.69. The minimum absolute atomic E-state index is 0.592. The molecule has 150 valence electrons. The molecule has 2 saturated heterocycles. The first-order valence-electron chi connectivity index (χ1n) is 10.6. The van der Waals surface area contributed by atoms with Gasteiger partial charge in [0.1, 0.15) is 5.03 Å². The molecule has 1 unspecified atom stereocenters. The molecule has 7 heteroatoms. The predicted octanol–water partition coefficient (Wildman–Crippen LogP) is 2.47. The summed E-state index contributed by atoms with van der Waals surface area (Å²) in [7, 11) is 2.08. The van der Waals surface area contributed by atoms with Crippen molar-refractivity contribution >= 4 is 11.9 Å². The minimum atomic E-state index is 0.592. The van der Waals surface area contributed by atoms with Crippen LogP contribution in [0.4, 0.5) is 0 Å². The number of rotatable bonds is 3. The van der Waals surface area contributed by atoms with Crippen LogP contribution in [0.25, 0.3) is 0 Å². The van der Waals surface area contributed by atoms with Crippen molar-refractivity contribution in [2.24, 2.45) is 12.5 Å². The van der Waals surface area contributed by atoms with Gasteiger partial charge in [0.15, 0.2) is 0 Å². The molecule has 0 bridgehead atoms. The van der Waals surface area contributed by atoms with E-state index < -0.39 is 0 Å². The number of aromatic nitrogens is 2. The lowest BCUT2D eigenvalue weighted by Crippen LogP contribution is -2.43. The number of morpholine rings is 1. The summed E-state index contributed by atoms with van der Waals surface area (Å²) in [5.74, 6) is 0. The van der Waals surface area contributed by atoms with Crippen molar-refractivity contribution in [1.29, 1.82) is 0 Å². The molecule has 1 saturated carbocycles. The maximum atomic E-state index is 5.69. The van der Waals surface area contributed by atoms with E-state index in [1.807, 2.05) is 11.9 Å². The first kappa shape index (κ1) is 18.4. The maximum Gasteiger partial charge on any atom is 0.115 e. The SMILES string of the molecule is Cn1nc2c(c1SN1CCC3(CCC(N4CCOCC4)C3)CC1)COCC2. The van der Waals surface area contributed by atoms with Crippen LogP contribution in [-0.4, -0.2) is 71.0 Å². The van der Waals surface area contributed by atoms with Crippen molar-refractivity contribution in [3.63, 3.8) is 0 Å². The molecule has 4 heterocycles. The molecule has 1 aromatic rings. The lowest BCUT2D eigenvalue weighted by Gasteiger charge is -2.40. The van der Waals surface area contributed by atoms with E-state index in [2.05, 4.69) is 20.9 Å². The third-order valence-electron chi connectivity index (χ3n) is 7.14. The number of hydrogen-bond acceptors (Lipinski definition) is 6. The van der Waals surface area contributed by atoms with Gasteiger partial charge in [0.05, 0.1) is 32.1 Å². The molecular formula is C20H32N4O2S. The lowest BCUT2D eigenvalue weighted by molar-refractivity contribution is 0.0138. The smallest absolute Gasteiger partial charge is 0.115 e. The van der Waals surface area contributed by atoms with E-state index in [4.69, 9.17) is 14.6 Å². The number of aryl methyl sites for hydroxylation is 1. The van der Waals surface area contributed by atoms with E-state index >= 15 is 0 Å². The number of hydrogen-bond donors (Lipinski definition) is 0. The van der Waals surface area contributed by atoms with Crippen LogP contribution in [0.15, 0.2) is 5.03 Å². The fourth-order valence-corrected chi connectivity index (χ4v) is 6.52. The highest BCUT2D eigenvalue weighted by Crippen LogP contribution is 2.49. The molecule has 3 fully saturated rings. The van der Waals surface area contributed by atoms with E-state index in [0.717, 1.165) is 52.0 Å². The van der Waals surface area contributed by atoms with Crippen molar-refractivity contribution in [3.05, 3.63) is 11.3 Å². The van der Waals surface area contributed by atoms with Gasteiger partial charge in [-0.3, -0.25) is 9.58 Å². The Hall–Kier alpha value is -0.600. The molecule has 1 aromatic heterocycles. The van der Waals surface area contributed by atoms with Crippen LogP contribution in [-0.2, 0) is 29.5 Å². The summed E-state index contributed by atoms with van der Waals surface area (Å²) >= 11 is 1.91. The van der Waals surface area contributed by atoms with Crippen LogP contribution < -0.4 is 0 Å². The normalized spacial score (nSPS) is 29.3. The first-order chi connectivity index (χ1) is 13.2. The zero-order chi connectivity index (χ0) is 18.3. The number of piperidine rings is 1. The summed E-state index contributed by atoms with van der Waals surface area (Å²) in [4.78, 5) is 2.70. The topological polar surface area (TPSA) is 42.8 Å². The standard InChI is InChI=1S/C20H32N4O2S/c1-22-19(17-15-26-11-3-18(17)21-22)27-24-7-5-20(6-8-24)4-2-16(14-20)23-9-12-25-13-10-23/h16H,2-15H2,1H3. The van der Waals surface area contributed by atoms with Gasteiger partial charge in [-0.05, 0) is 49.5 Å². The van der Waals surface area contributed by atoms with E-state index in [0.29, 0.717) is 5.41 Å². The van der Waals surface area contributed by atoms with Gasteiger partial charge in [-0.25, -0.2) is 4.31 Å². The Kier molecular flexibility index (Phi) is 5.24. The Balaban J connectivity index is 1.18. The summed E-state index contributed by atoms with van der Waals surface area (Å²) in [6.45, 7) is 8.05. The van der Waals surface area contributed by atoms with Gasteiger partial charge in [0.2, 0.25) is 0 Å². The third-order valence-corrected chi connectivity index (χ3v) is 8.44. The number of ether oxygens (including phenoxy) is 2. The monoisotopic (exact) mass is 392 g/mol. The highest BCUT2D eigenvalue weighted by atomic mass is 32.2. The Morgan fingerprint density at radius 3 is 2.67 bits per heavy atom. The quantitative estimate of drug-likeness (QED) is 0.736. The van der Waals surface area contributed by atoms with E-state index in [1.165, 1.54) is 61.5 Å². The van der Waals surface area contributed by atoms with Crippen molar-refractivity contribution in [3.8, 4) is 0 Å². The van der Waals surface area contributed by atoms with Gasteiger partial charge >= 0.3 is 0 Å². The summed E-state index contributed by atoms with van der Waals surface area (Å²) < 4.78 is 15.9. The molecular weight excluding hydrogens is 360 g/mol. The molecule has 0 aromatic carbocycles. The van der Waals surface area contributed by atoms with Crippen LogP contribution in [0.5, 0.6) is 0 Å². The van der Waals surface area contributed by atoms with Crippen molar-refractivity contribution < 1.29 is 9.47 Å². The highest BCUT2D eigenvalue weighted by molar-refractivity contribution is 7.97. The summed E-state index contributed by atoms with van der Waals surface area (Å²) in [5, 5.41) is 6.01. The second-order valence-corrected chi connectivity index (χ2v) is 9.81. The van der Waals surface area contributed by atoms with Crippen LogP contribution in [0.3, 0.4) is 0 Å². The van der Waals surface area contributed by atoms with Crippen molar-refractivity contribution in [2.45, 2.75) is 56.2 Å². The van der Waals surface area contributed by atoms with E-state index in [-0.39, 0.29) is 0 Å². The number of nitrogens with zero attached hydrogens (tertiary/aromatic N) is 4. The Morgan fingerprint density at radius 2 is 1.85 bits per heavy atom. The summed E-state index contributed by atoms with van der Waals surface area (Å²) in [6.07, 6.45) is 7.85. The van der Waals surface area contributed by atoms with E-state index in [1.54, 1.807) is 0 Å². The van der Waals surface area contributed by atoms with Gasteiger partial charge in [-0.2, -0.15) is 5.10 Å². The molecule has 1 spiro atoms. The van der Waals surface area contributed by atoms with E-state index in [9.17, 15) is 0 Å². The van der Waals surface area contributed by atoms with Crippen LogP contribution in [0, 0.1) is 5.41 Å². The fraction of sp³-hybridized carbons (Fsp3) is 0.850. The molecule has 1 atom stereocenters. The molecule has 27 heavy (non-hydrogen) atoms. The molecule has 5 rings (SSSR count). The fourth-order valence-electron chi connectivity index (χ4n) is 5.47. The van der Waals surface area contributed by atoms with Crippen LogP contribution >= 0.6 is 11.9 Å². The van der Waals surface area contributed by atoms with Crippen molar-refractivity contribution in [2.75, 3.05) is 46.0 Å². The average Bonchev–Trinajstić information content (AvgIpc) is 3.26. The van der Waals surface area contributed by atoms with Gasteiger partial charge in [0, 0.05) is 51.3 Å². The maximum absolute atomic E-state index is 5.69. The number of fused-ring (bicyclic) bond motifs is 1. The zero-order valence-electron chi connectivity index (χ0n) is 16.5. The Labute approximate surface area is 166 Å². The molecule has 1 aliphatic carbocycles. The average molecular weight is 393 g/mol. The zero-order valence-corrected chi connectivity index (χ0v) is 17.3. The molecule has 0 radical (unpaired) electrons. The second-order valence-electron chi connectivity index (χ2n) is 8.72. The first-order valence-corrected chi connectivity index (χ1v) is 11.4. The molecule has 3 aliphatic heterocycles. The van der Waals surface area contributed by atoms with Gasteiger partial charge < -0.3 is 9.47 Å². The molecule has 6 nitrogen and oxygen atoms in total. The van der Waals surface area contributed by atoms with Crippen LogP contribution in [0.1, 0.15) is 43.4 Å². The second kappa shape index (κ2) is 7.67. The van der Waals surface area contributed by atoms with Gasteiger partial charge in [0.25, 0.3) is 0 Å². The Bertz CT molecular complexity index is 665. The molecule has 0 amide bonds. The largest absolute Gasteiger partial charge is 0.379 e. The van der Waals surface area contributed by atoms with Crippen LogP contribution in [0.2, 0.25) is 0 Å². The molecule has 4 aliphatic rings. The minimum Gasteiger partial charge on any atom is -0.379 e. The Morgan fingerprint density at radius 1 is 1.04 bits per heavy atom. The predicted molar refractivity (Wildman–Crippen MR) is 106 cm³/mol. The summed E-state index contributed by atoms with van der Waals surface area (Å²) in [6, 6.07) is 0.800. The molecule has 0 N–H and O–H groups in total. The van der Waals surface area contributed by atoms with Gasteiger partial charge in [-0.15, -0.1) is 0 Å². The van der Waals surface area contributed by atoms with Gasteiger partial charge in [-0.1, -0.05) is 0 Å². The lowest BCUT2D eigenvalue weighted by atomic mass is 9.77. The van der Waals surface area contributed by atoms with Crippen molar-refractivity contribution in [1.82, 2.24) is 19.0 Å².